The summed E-state index contributed by atoms with van der Waals surface area (Å²) in [6, 6.07) is 4.78. The van der Waals surface area contributed by atoms with Crippen molar-refractivity contribution in [3.8, 4) is 0 Å². The molecule has 8 nitrogen and oxygen atoms in total. The fourth-order valence-corrected chi connectivity index (χ4v) is 3.40. The first kappa shape index (κ1) is 21.0. The summed E-state index contributed by atoms with van der Waals surface area (Å²) in [4.78, 5) is 16.2. The van der Waals surface area contributed by atoms with Crippen molar-refractivity contribution < 1.29 is 17.2 Å². The summed E-state index contributed by atoms with van der Waals surface area (Å²) in [5.74, 6) is -1.78. The predicted molar refractivity (Wildman–Crippen MR) is 108 cm³/mol. The summed E-state index contributed by atoms with van der Waals surface area (Å²) in [6.45, 7) is 0. The van der Waals surface area contributed by atoms with E-state index in [9.17, 15) is 22.0 Å². The maximum Gasteiger partial charge on any atom is 0.301 e. The Bertz CT molecular complexity index is 1280. The maximum atomic E-state index is 14.9. The number of aromatic nitrogens is 2. The van der Waals surface area contributed by atoms with Gasteiger partial charge in [0.05, 0.1) is 33.9 Å². The Hall–Kier alpha value is -2.76. The zero-order valence-corrected chi connectivity index (χ0v) is 17.1. The predicted octanol–water partition coefficient (Wildman–Crippen LogP) is 2.83. The van der Waals surface area contributed by atoms with E-state index in [-0.39, 0.29) is 33.0 Å². The lowest BCUT2D eigenvalue weighted by molar-refractivity contribution is 0.527. The average Bonchev–Trinajstić information content (AvgIpc) is 2.65. The molecule has 154 valence electrons. The van der Waals surface area contributed by atoms with Crippen LogP contribution in [0.5, 0.6) is 0 Å². The lowest BCUT2D eigenvalue weighted by Crippen LogP contribution is -2.29. The van der Waals surface area contributed by atoms with Gasteiger partial charge in [0.1, 0.15) is 11.2 Å². The molecule has 0 radical (unpaired) electrons. The number of hydrogen-bond acceptors (Lipinski definition) is 5. The van der Waals surface area contributed by atoms with E-state index in [1.165, 1.54) is 39.6 Å². The topological polar surface area (TPSA) is 96.3 Å². The highest BCUT2D eigenvalue weighted by Crippen LogP contribution is 2.36. The smallest absolute Gasteiger partial charge is 0.301 e. The lowest BCUT2D eigenvalue weighted by atomic mass is 10.2. The van der Waals surface area contributed by atoms with E-state index in [4.69, 9.17) is 11.6 Å². The number of anilines is 3. The van der Waals surface area contributed by atoms with Crippen molar-refractivity contribution in [1.82, 2.24) is 13.9 Å². The Kier molecular flexibility index (Phi) is 5.48. The first-order valence-electron chi connectivity index (χ1n) is 8.12. The van der Waals surface area contributed by atoms with Gasteiger partial charge in [-0.25, -0.2) is 13.8 Å². The van der Waals surface area contributed by atoms with Gasteiger partial charge in [-0.05, 0) is 24.3 Å². The van der Waals surface area contributed by atoms with Crippen LogP contribution in [0.4, 0.5) is 25.8 Å². The van der Waals surface area contributed by atoms with Crippen molar-refractivity contribution in [3.63, 3.8) is 0 Å². The molecule has 0 saturated heterocycles. The van der Waals surface area contributed by atoms with Gasteiger partial charge in [0.15, 0.2) is 5.82 Å². The summed E-state index contributed by atoms with van der Waals surface area (Å²) >= 11 is 6.15. The third-order valence-electron chi connectivity index (χ3n) is 4.09. The minimum Gasteiger partial charge on any atom is -0.349 e. The molecule has 1 aromatic heterocycles. The fourth-order valence-electron chi connectivity index (χ4n) is 2.46. The summed E-state index contributed by atoms with van der Waals surface area (Å²) in [6.07, 6.45) is 1.26. The van der Waals surface area contributed by atoms with Crippen LogP contribution < -0.4 is 15.6 Å². The Labute approximate surface area is 169 Å². The van der Waals surface area contributed by atoms with Crippen LogP contribution in [0.2, 0.25) is 5.02 Å². The van der Waals surface area contributed by atoms with Gasteiger partial charge in [0.25, 0.3) is 5.56 Å². The molecule has 0 unspecified atom stereocenters. The molecular weight excluding hydrogens is 428 g/mol. The van der Waals surface area contributed by atoms with Crippen LogP contribution >= 0.6 is 11.6 Å². The van der Waals surface area contributed by atoms with Gasteiger partial charge < -0.3 is 9.88 Å². The monoisotopic (exact) mass is 443 g/mol. The molecule has 0 amide bonds. The minimum atomic E-state index is -3.90. The number of hydrogen-bond donors (Lipinski definition) is 2. The summed E-state index contributed by atoms with van der Waals surface area (Å²) in [5.41, 5.74) is -1.17. The van der Waals surface area contributed by atoms with Crippen LogP contribution in [0.25, 0.3) is 10.9 Å². The molecule has 29 heavy (non-hydrogen) atoms. The van der Waals surface area contributed by atoms with E-state index in [0.29, 0.717) is 0 Å². The SMILES string of the molecule is CN(C)S(=O)(=O)Nc1ccc(F)c(Nc2ccc3ncn(C)c(=O)c3c2F)c1Cl. The Morgan fingerprint density at radius 3 is 2.45 bits per heavy atom. The molecule has 2 N–H and O–H groups in total. The zero-order chi connectivity index (χ0) is 21.5. The Balaban J connectivity index is 2.09. The minimum absolute atomic E-state index is 0.108. The molecule has 2 aromatic carbocycles. The number of fused-ring (bicyclic) bond motifs is 1. The van der Waals surface area contributed by atoms with E-state index >= 15 is 0 Å². The van der Waals surface area contributed by atoms with Crippen LogP contribution in [-0.4, -0.2) is 36.4 Å². The normalized spacial score (nSPS) is 11.8. The lowest BCUT2D eigenvalue weighted by Gasteiger charge is -2.17. The average molecular weight is 444 g/mol. The Morgan fingerprint density at radius 1 is 1.14 bits per heavy atom. The van der Waals surface area contributed by atoms with Gasteiger partial charge in [0, 0.05) is 21.1 Å². The van der Waals surface area contributed by atoms with Gasteiger partial charge >= 0.3 is 10.2 Å². The molecule has 0 atom stereocenters. The molecule has 3 aromatic rings. The molecule has 0 saturated carbocycles. The molecule has 12 heteroatoms. The van der Waals surface area contributed by atoms with E-state index in [0.717, 1.165) is 21.0 Å². The van der Waals surface area contributed by atoms with Crippen LogP contribution in [0.3, 0.4) is 0 Å². The van der Waals surface area contributed by atoms with Crippen molar-refractivity contribution in [1.29, 1.82) is 0 Å². The molecule has 0 aliphatic rings. The molecule has 0 aliphatic carbocycles. The van der Waals surface area contributed by atoms with Crippen molar-refractivity contribution in [2.24, 2.45) is 7.05 Å². The quantitative estimate of drug-likeness (QED) is 0.632. The Morgan fingerprint density at radius 2 is 1.79 bits per heavy atom. The van der Waals surface area contributed by atoms with Gasteiger partial charge in [-0.3, -0.25) is 9.52 Å². The number of halogens is 3. The van der Waals surface area contributed by atoms with E-state index in [1.54, 1.807) is 0 Å². The molecule has 0 fully saturated rings. The highest BCUT2D eigenvalue weighted by Gasteiger charge is 2.20. The molecule has 1 heterocycles. The standard InChI is InChI=1S/C17H16ClF2N5O3S/c1-24(2)29(27,28)23-11-5-4-9(19)16(14(11)18)22-12-7-6-10-13(15(12)20)17(26)25(3)8-21-10/h4-8,22-23H,1-3H3. The largest absolute Gasteiger partial charge is 0.349 e. The molecule has 0 bridgehead atoms. The van der Waals surface area contributed by atoms with Gasteiger partial charge in [-0.1, -0.05) is 11.6 Å². The van der Waals surface area contributed by atoms with Crippen molar-refractivity contribution >= 4 is 49.8 Å². The van der Waals surface area contributed by atoms with E-state index < -0.39 is 27.4 Å². The molecule has 0 aliphatic heterocycles. The summed E-state index contributed by atoms with van der Waals surface area (Å²) in [5, 5.41) is 1.91. The fraction of sp³-hybridized carbons (Fsp3) is 0.176. The zero-order valence-electron chi connectivity index (χ0n) is 15.5. The van der Waals surface area contributed by atoms with Crippen LogP contribution in [0.15, 0.2) is 35.4 Å². The highest BCUT2D eigenvalue weighted by molar-refractivity contribution is 7.90. The van der Waals surface area contributed by atoms with Gasteiger partial charge in [0.2, 0.25) is 0 Å². The first-order chi connectivity index (χ1) is 13.5. The van der Waals surface area contributed by atoms with Crippen molar-refractivity contribution in [3.05, 3.63) is 57.6 Å². The van der Waals surface area contributed by atoms with Gasteiger partial charge in [-0.15, -0.1) is 0 Å². The molecule has 0 spiro atoms. The summed E-state index contributed by atoms with van der Waals surface area (Å²) < 4.78 is 57.5. The van der Waals surface area contributed by atoms with Crippen molar-refractivity contribution in [2.45, 2.75) is 0 Å². The van der Waals surface area contributed by atoms with Gasteiger partial charge in [-0.2, -0.15) is 12.7 Å². The van der Waals surface area contributed by atoms with E-state index in [1.807, 2.05) is 0 Å². The third-order valence-corrected chi connectivity index (χ3v) is 5.93. The van der Waals surface area contributed by atoms with E-state index in [2.05, 4.69) is 15.0 Å². The first-order valence-corrected chi connectivity index (χ1v) is 9.94. The number of nitrogens with one attached hydrogen (secondary N) is 2. The number of rotatable bonds is 5. The number of aryl methyl sites for hydroxylation is 1. The summed E-state index contributed by atoms with van der Waals surface area (Å²) in [7, 11) is 0.127. The van der Waals surface area contributed by atoms with Crippen molar-refractivity contribution in [2.75, 3.05) is 24.1 Å². The maximum absolute atomic E-state index is 14.9. The second kappa shape index (κ2) is 7.58. The van der Waals surface area contributed by atoms with Crippen LogP contribution in [-0.2, 0) is 17.3 Å². The molecular formula is C17H16ClF2N5O3S. The number of nitrogens with zero attached hydrogens (tertiary/aromatic N) is 3. The second-order valence-electron chi connectivity index (χ2n) is 6.28. The highest BCUT2D eigenvalue weighted by atomic mass is 35.5. The second-order valence-corrected chi connectivity index (χ2v) is 8.54. The van der Waals surface area contributed by atoms with Crippen LogP contribution in [0.1, 0.15) is 0 Å². The van der Waals surface area contributed by atoms with Crippen LogP contribution in [0, 0.1) is 11.6 Å². The molecule has 3 rings (SSSR count). The number of benzene rings is 2. The third kappa shape index (κ3) is 3.88.